The molecule has 6 heteroatoms. The molecule has 2 saturated heterocycles. The van der Waals surface area contributed by atoms with E-state index in [9.17, 15) is 8.42 Å². The van der Waals surface area contributed by atoms with Gasteiger partial charge in [-0.25, -0.2) is 12.7 Å². The fraction of sp³-hybridized carbons (Fsp3) is 0.647. The highest BCUT2D eigenvalue weighted by Crippen LogP contribution is 2.22. The molecule has 0 saturated carbocycles. The smallest absolute Gasteiger partial charge is 0.218 e. The van der Waals surface area contributed by atoms with Crippen molar-refractivity contribution in [3.8, 4) is 0 Å². The maximum Gasteiger partial charge on any atom is 0.218 e. The van der Waals surface area contributed by atoms with Crippen molar-refractivity contribution in [2.24, 2.45) is 0 Å². The third kappa shape index (κ3) is 4.32. The summed E-state index contributed by atoms with van der Waals surface area (Å²) < 4.78 is 32.4. The van der Waals surface area contributed by atoms with E-state index < -0.39 is 10.0 Å². The van der Waals surface area contributed by atoms with Crippen LogP contribution in [0.15, 0.2) is 30.3 Å². The van der Waals surface area contributed by atoms with Crippen molar-refractivity contribution in [2.45, 2.75) is 37.7 Å². The summed E-state index contributed by atoms with van der Waals surface area (Å²) in [5.41, 5.74) is 0.858. The van der Waals surface area contributed by atoms with Crippen LogP contribution < -0.4 is 0 Å². The monoisotopic (exact) mass is 338 g/mol. The number of nitrogens with zero attached hydrogens (tertiary/aromatic N) is 2. The highest BCUT2D eigenvalue weighted by atomic mass is 32.2. The molecule has 2 aliphatic heterocycles. The van der Waals surface area contributed by atoms with Crippen molar-refractivity contribution in [1.29, 1.82) is 0 Å². The minimum atomic E-state index is -3.21. The Morgan fingerprint density at radius 3 is 2.48 bits per heavy atom. The molecule has 23 heavy (non-hydrogen) atoms. The lowest BCUT2D eigenvalue weighted by Gasteiger charge is -2.41. The van der Waals surface area contributed by atoms with Crippen LogP contribution in [0.2, 0.25) is 0 Å². The Balaban J connectivity index is 1.55. The van der Waals surface area contributed by atoms with Gasteiger partial charge in [-0.2, -0.15) is 0 Å². The van der Waals surface area contributed by atoms with E-state index in [0.29, 0.717) is 19.1 Å². The summed E-state index contributed by atoms with van der Waals surface area (Å²) >= 11 is 0. The van der Waals surface area contributed by atoms with E-state index in [1.165, 1.54) is 0 Å². The Bertz CT molecular complexity index is 598. The zero-order chi connectivity index (χ0) is 16.3. The molecule has 0 unspecified atom stereocenters. The molecule has 1 aromatic carbocycles. The van der Waals surface area contributed by atoms with Gasteiger partial charge in [-0.15, -0.1) is 0 Å². The number of piperidine rings is 1. The van der Waals surface area contributed by atoms with E-state index in [-0.39, 0.29) is 11.9 Å². The second-order valence-corrected chi connectivity index (χ2v) is 8.52. The van der Waals surface area contributed by atoms with Crippen molar-refractivity contribution in [2.75, 3.05) is 32.8 Å². The molecule has 0 N–H and O–H groups in total. The van der Waals surface area contributed by atoms with Crippen LogP contribution in [0.4, 0.5) is 0 Å². The van der Waals surface area contributed by atoms with Gasteiger partial charge in [-0.1, -0.05) is 30.3 Å². The molecule has 0 aromatic heterocycles. The minimum absolute atomic E-state index is 0.104. The van der Waals surface area contributed by atoms with Gasteiger partial charge >= 0.3 is 0 Å². The SMILES string of the molecule is C[C@H]1CN(C2CCN(S(=O)(=O)Cc3ccccc3)CC2)CCO1. The van der Waals surface area contributed by atoms with Crippen LogP contribution in [0.3, 0.4) is 0 Å². The van der Waals surface area contributed by atoms with Gasteiger partial charge in [0.05, 0.1) is 18.5 Å². The lowest BCUT2D eigenvalue weighted by Crippen LogP contribution is -2.51. The van der Waals surface area contributed by atoms with Gasteiger partial charge < -0.3 is 4.74 Å². The third-order valence-corrected chi connectivity index (χ3v) is 6.65. The second-order valence-electron chi connectivity index (χ2n) is 6.55. The normalized spacial score (nSPS) is 25.5. The number of ether oxygens (including phenoxy) is 1. The Morgan fingerprint density at radius 1 is 1.13 bits per heavy atom. The molecular formula is C17H26N2O3S. The first-order chi connectivity index (χ1) is 11.0. The topological polar surface area (TPSA) is 49.9 Å². The maximum atomic E-state index is 12.6. The van der Waals surface area contributed by atoms with E-state index in [4.69, 9.17) is 4.74 Å². The van der Waals surface area contributed by atoms with Gasteiger partial charge in [0.15, 0.2) is 0 Å². The van der Waals surface area contributed by atoms with Crippen LogP contribution >= 0.6 is 0 Å². The summed E-state index contributed by atoms with van der Waals surface area (Å²) in [7, 11) is -3.21. The molecule has 0 radical (unpaired) electrons. The van der Waals surface area contributed by atoms with Gasteiger partial charge in [-0.05, 0) is 25.3 Å². The Hall–Kier alpha value is -0.950. The molecule has 3 rings (SSSR count). The van der Waals surface area contributed by atoms with Gasteiger partial charge in [0.25, 0.3) is 0 Å². The van der Waals surface area contributed by atoms with E-state index in [2.05, 4.69) is 11.8 Å². The zero-order valence-corrected chi connectivity index (χ0v) is 14.5. The molecule has 0 amide bonds. The zero-order valence-electron chi connectivity index (χ0n) is 13.7. The van der Waals surface area contributed by atoms with Gasteiger partial charge in [0, 0.05) is 32.2 Å². The van der Waals surface area contributed by atoms with Gasteiger partial charge in [0.2, 0.25) is 10.0 Å². The summed E-state index contributed by atoms with van der Waals surface area (Å²) in [6.07, 6.45) is 2.12. The van der Waals surface area contributed by atoms with E-state index in [1.807, 2.05) is 30.3 Å². The van der Waals surface area contributed by atoms with Crippen LogP contribution in [-0.2, 0) is 20.5 Å². The molecule has 0 spiro atoms. The average Bonchev–Trinajstić information content (AvgIpc) is 2.55. The molecule has 5 nitrogen and oxygen atoms in total. The first-order valence-electron chi connectivity index (χ1n) is 8.42. The lowest BCUT2D eigenvalue weighted by molar-refractivity contribution is -0.0406. The Kier molecular flexibility index (Phi) is 5.36. The quantitative estimate of drug-likeness (QED) is 0.838. The van der Waals surface area contributed by atoms with Crippen LogP contribution in [0.5, 0.6) is 0 Å². The van der Waals surface area contributed by atoms with Crippen molar-refractivity contribution in [1.82, 2.24) is 9.21 Å². The number of sulfonamides is 1. The number of morpholine rings is 1. The molecule has 1 atom stereocenters. The molecule has 2 fully saturated rings. The first kappa shape index (κ1) is 16.9. The van der Waals surface area contributed by atoms with Gasteiger partial charge in [-0.3, -0.25) is 4.90 Å². The molecule has 1 aromatic rings. The standard InChI is InChI=1S/C17H26N2O3S/c1-15-13-18(11-12-22-15)17-7-9-19(10-8-17)23(20,21)14-16-5-3-2-4-6-16/h2-6,15,17H,7-14H2,1H3/t15-/m0/s1. The minimum Gasteiger partial charge on any atom is -0.376 e. The van der Waals surface area contributed by atoms with Crippen LogP contribution in [0.25, 0.3) is 0 Å². The molecule has 0 aliphatic carbocycles. The van der Waals surface area contributed by atoms with Crippen molar-refractivity contribution < 1.29 is 13.2 Å². The summed E-state index contributed by atoms with van der Waals surface area (Å²) in [4.78, 5) is 2.47. The predicted octanol–water partition coefficient (Wildman–Crippen LogP) is 1.70. The number of benzene rings is 1. The summed E-state index contributed by atoms with van der Waals surface area (Å²) in [5, 5.41) is 0. The first-order valence-corrected chi connectivity index (χ1v) is 10.0. The van der Waals surface area contributed by atoms with E-state index in [0.717, 1.165) is 38.1 Å². The molecule has 0 bridgehead atoms. The lowest BCUT2D eigenvalue weighted by atomic mass is 10.0. The summed E-state index contributed by atoms with van der Waals surface area (Å²) in [6.45, 7) is 6.07. The largest absolute Gasteiger partial charge is 0.376 e. The average molecular weight is 338 g/mol. The Labute approximate surface area is 139 Å². The maximum absolute atomic E-state index is 12.6. The summed E-state index contributed by atoms with van der Waals surface area (Å²) in [6, 6.07) is 9.92. The summed E-state index contributed by atoms with van der Waals surface area (Å²) in [5.74, 6) is 0.104. The fourth-order valence-electron chi connectivity index (χ4n) is 3.54. The van der Waals surface area contributed by atoms with Crippen molar-refractivity contribution >= 4 is 10.0 Å². The highest BCUT2D eigenvalue weighted by Gasteiger charge is 2.32. The number of hydrogen-bond donors (Lipinski definition) is 0. The molecule has 2 aliphatic rings. The Morgan fingerprint density at radius 2 is 1.83 bits per heavy atom. The highest BCUT2D eigenvalue weighted by molar-refractivity contribution is 7.88. The molecular weight excluding hydrogens is 312 g/mol. The predicted molar refractivity (Wildman–Crippen MR) is 90.6 cm³/mol. The van der Waals surface area contributed by atoms with Crippen LogP contribution in [0, 0.1) is 0 Å². The molecule has 128 valence electrons. The van der Waals surface area contributed by atoms with Gasteiger partial charge in [0.1, 0.15) is 0 Å². The third-order valence-electron chi connectivity index (χ3n) is 4.80. The van der Waals surface area contributed by atoms with E-state index >= 15 is 0 Å². The van der Waals surface area contributed by atoms with Crippen LogP contribution in [-0.4, -0.2) is 62.6 Å². The fourth-order valence-corrected chi connectivity index (χ4v) is 5.10. The second kappa shape index (κ2) is 7.30. The van der Waals surface area contributed by atoms with Crippen molar-refractivity contribution in [3.63, 3.8) is 0 Å². The number of rotatable bonds is 4. The van der Waals surface area contributed by atoms with Crippen LogP contribution in [0.1, 0.15) is 25.3 Å². The van der Waals surface area contributed by atoms with E-state index in [1.54, 1.807) is 4.31 Å². The van der Waals surface area contributed by atoms with Crippen molar-refractivity contribution in [3.05, 3.63) is 35.9 Å². The molecule has 2 heterocycles. The number of hydrogen-bond acceptors (Lipinski definition) is 4.